The summed E-state index contributed by atoms with van der Waals surface area (Å²) in [5.41, 5.74) is 4.78. The topological polar surface area (TPSA) is 61.8 Å². The molecule has 0 saturated heterocycles. The van der Waals surface area contributed by atoms with Crippen molar-refractivity contribution in [3.63, 3.8) is 0 Å². The molecule has 0 aliphatic carbocycles. The van der Waals surface area contributed by atoms with Crippen molar-refractivity contribution in [1.29, 1.82) is 0 Å². The minimum Gasteiger partial charge on any atom is -0.497 e. The number of carbonyl (C=O) groups is 2. The Morgan fingerprint density at radius 1 is 0.861 bits per heavy atom. The van der Waals surface area contributed by atoms with Crippen LogP contribution in [0.4, 0.5) is 0 Å². The van der Waals surface area contributed by atoms with Crippen molar-refractivity contribution < 1.29 is 23.8 Å². The van der Waals surface area contributed by atoms with Crippen molar-refractivity contribution in [3.8, 4) is 28.4 Å². The molecule has 0 bridgehead atoms. The van der Waals surface area contributed by atoms with E-state index < -0.39 is 0 Å². The van der Waals surface area contributed by atoms with Gasteiger partial charge in [0, 0.05) is 11.1 Å². The predicted octanol–water partition coefficient (Wildman–Crippen LogP) is 6.55. The Labute approximate surface area is 209 Å². The number of ketones is 2. The minimum absolute atomic E-state index is 0.129. The van der Waals surface area contributed by atoms with Crippen molar-refractivity contribution in [1.82, 2.24) is 0 Å². The van der Waals surface area contributed by atoms with E-state index in [9.17, 15) is 9.59 Å². The summed E-state index contributed by atoms with van der Waals surface area (Å²) in [5.74, 6) is 1.56. The van der Waals surface area contributed by atoms with Gasteiger partial charge in [0.15, 0.2) is 18.1 Å². The standard InChI is InChI=1S/C31H24O5/c1-20-28(35-19-27(32)24-12-14-25(34-2)15-13-24)17-16-26-30(33)29(36-31(20)26)18-21-8-10-23(11-9-21)22-6-4-3-5-7-22/h3-18H,19H2,1-2H3/b29-18-. The van der Waals surface area contributed by atoms with E-state index in [4.69, 9.17) is 14.2 Å². The van der Waals surface area contributed by atoms with E-state index in [1.54, 1.807) is 49.6 Å². The molecule has 0 spiro atoms. The largest absolute Gasteiger partial charge is 0.497 e. The lowest BCUT2D eigenvalue weighted by atomic mass is 10.0. The first-order valence-electron chi connectivity index (χ1n) is 11.6. The average molecular weight is 477 g/mol. The summed E-state index contributed by atoms with van der Waals surface area (Å²) in [7, 11) is 1.58. The highest BCUT2D eigenvalue weighted by Gasteiger charge is 2.30. The molecule has 5 rings (SSSR count). The summed E-state index contributed by atoms with van der Waals surface area (Å²) in [5, 5.41) is 0. The minimum atomic E-state index is -0.180. The summed E-state index contributed by atoms with van der Waals surface area (Å²) in [4.78, 5) is 25.5. The molecule has 4 aromatic rings. The van der Waals surface area contributed by atoms with Gasteiger partial charge in [0.1, 0.15) is 17.2 Å². The van der Waals surface area contributed by atoms with Crippen molar-refractivity contribution >= 4 is 17.6 Å². The number of methoxy groups -OCH3 is 1. The molecule has 4 aromatic carbocycles. The summed E-state index contributed by atoms with van der Waals surface area (Å²) in [6, 6.07) is 28.3. The number of fused-ring (bicyclic) bond motifs is 1. The van der Waals surface area contributed by atoms with Crippen LogP contribution in [0.15, 0.2) is 96.8 Å². The maximum atomic E-state index is 13.0. The number of allylic oxidation sites excluding steroid dienone is 1. The second kappa shape index (κ2) is 9.92. The van der Waals surface area contributed by atoms with Crippen LogP contribution in [-0.2, 0) is 0 Å². The van der Waals surface area contributed by atoms with Gasteiger partial charge in [0.2, 0.25) is 5.78 Å². The van der Waals surface area contributed by atoms with Gasteiger partial charge in [-0.2, -0.15) is 0 Å². The van der Waals surface area contributed by atoms with Gasteiger partial charge in [-0.05, 0) is 66.1 Å². The van der Waals surface area contributed by atoms with Gasteiger partial charge in [0.25, 0.3) is 0 Å². The Bertz CT molecular complexity index is 1450. The molecule has 0 unspecified atom stereocenters. The summed E-state index contributed by atoms with van der Waals surface area (Å²) >= 11 is 0. The lowest BCUT2D eigenvalue weighted by Gasteiger charge is -2.11. The summed E-state index contributed by atoms with van der Waals surface area (Å²) in [6.07, 6.45) is 1.74. The van der Waals surface area contributed by atoms with E-state index >= 15 is 0 Å². The molecule has 0 radical (unpaired) electrons. The molecular formula is C31H24O5. The van der Waals surface area contributed by atoms with Gasteiger partial charge in [0.05, 0.1) is 12.7 Å². The Balaban J connectivity index is 1.30. The first-order valence-corrected chi connectivity index (χ1v) is 11.6. The molecule has 0 N–H and O–H groups in total. The van der Waals surface area contributed by atoms with E-state index in [0.29, 0.717) is 33.9 Å². The SMILES string of the molecule is COc1ccc(C(=O)COc2ccc3c(c2C)O/C(=C\c2ccc(-c4ccccc4)cc2)C3=O)cc1. The Hall–Kier alpha value is -4.64. The zero-order valence-electron chi connectivity index (χ0n) is 20.0. The highest BCUT2D eigenvalue weighted by Crippen LogP contribution is 2.39. The number of rotatable bonds is 7. The van der Waals surface area contributed by atoms with Crippen molar-refractivity contribution in [2.45, 2.75) is 6.92 Å². The van der Waals surface area contributed by atoms with E-state index in [1.165, 1.54) is 0 Å². The maximum Gasteiger partial charge on any atom is 0.231 e. The van der Waals surface area contributed by atoms with Crippen molar-refractivity contribution in [2.75, 3.05) is 13.7 Å². The monoisotopic (exact) mass is 476 g/mol. The average Bonchev–Trinajstić information content (AvgIpc) is 3.24. The fraction of sp³-hybridized carbons (Fsp3) is 0.0968. The Kier molecular flexibility index (Phi) is 6.37. The number of carbonyl (C=O) groups excluding carboxylic acids is 2. The zero-order chi connectivity index (χ0) is 25.1. The van der Waals surface area contributed by atoms with E-state index in [-0.39, 0.29) is 23.9 Å². The first-order chi connectivity index (χ1) is 17.5. The smallest absolute Gasteiger partial charge is 0.231 e. The number of benzene rings is 4. The fourth-order valence-corrected chi connectivity index (χ4v) is 4.08. The van der Waals surface area contributed by atoms with Gasteiger partial charge in [-0.25, -0.2) is 0 Å². The van der Waals surface area contributed by atoms with Gasteiger partial charge in [-0.1, -0.05) is 54.6 Å². The molecule has 1 aliphatic rings. The second-order valence-electron chi connectivity index (χ2n) is 8.43. The van der Waals surface area contributed by atoms with Gasteiger partial charge in [-0.3, -0.25) is 9.59 Å². The maximum absolute atomic E-state index is 13.0. The van der Waals surface area contributed by atoms with Crippen LogP contribution in [-0.4, -0.2) is 25.3 Å². The van der Waals surface area contributed by atoms with Crippen molar-refractivity contribution in [2.24, 2.45) is 0 Å². The molecule has 0 atom stereocenters. The van der Waals surface area contributed by atoms with E-state index in [1.807, 2.05) is 49.4 Å². The number of hydrogen-bond acceptors (Lipinski definition) is 5. The summed E-state index contributed by atoms with van der Waals surface area (Å²) < 4.78 is 16.9. The van der Waals surface area contributed by atoms with Gasteiger partial charge < -0.3 is 14.2 Å². The van der Waals surface area contributed by atoms with Crippen LogP contribution in [0.3, 0.4) is 0 Å². The Morgan fingerprint density at radius 3 is 2.25 bits per heavy atom. The molecule has 5 heteroatoms. The van der Waals surface area contributed by atoms with Gasteiger partial charge in [-0.15, -0.1) is 0 Å². The third kappa shape index (κ3) is 4.64. The Morgan fingerprint density at radius 2 is 1.56 bits per heavy atom. The molecule has 36 heavy (non-hydrogen) atoms. The van der Waals surface area contributed by atoms with E-state index in [0.717, 1.165) is 16.7 Å². The third-order valence-electron chi connectivity index (χ3n) is 6.12. The molecule has 178 valence electrons. The van der Waals surface area contributed by atoms with Crippen LogP contribution in [0, 0.1) is 6.92 Å². The zero-order valence-corrected chi connectivity index (χ0v) is 20.0. The van der Waals surface area contributed by atoms with Crippen LogP contribution >= 0.6 is 0 Å². The molecule has 0 amide bonds. The normalized spacial score (nSPS) is 13.3. The molecule has 0 aromatic heterocycles. The molecular weight excluding hydrogens is 452 g/mol. The molecule has 0 saturated carbocycles. The van der Waals surface area contributed by atoms with Crippen LogP contribution in [0.25, 0.3) is 17.2 Å². The molecule has 1 aliphatic heterocycles. The lowest BCUT2D eigenvalue weighted by Crippen LogP contribution is -2.12. The number of hydrogen-bond donors (Lipinski definition) is 0. The third-order valence-corrected chi connectivity index (χ3v) is 6.12. The number of Topliss-reactive ketones (excluding diaryl/α,β-unsaturated/α-hetero) is 2. The predicted molar refractivity (Wildman–Crippen MR) is 139 cm³/mol. The second-order valence-corrected chi connectivity index (χ2v) is 8.43. The fourth-order valence-electron chi connectivity index (χ4n) is 4.08. The highest BCUT2D eigenvalue weighted by molar-refractivity contribution is 6.15. The van der Waals surface area contributed by atoms with Crippen LogP contribution in [0.5, 0.6) is 17.2 Å². The first kappa shape index (κ1) is 23.1. The van der Waals surface area contributed by atoms with Crippen LogP contribution in [0.1, 0.15) is 31.8 Å². The van der Waals surface area contributed by atoms with Gasteiger partial charge >= 0.3 is 0 Å². The molecule has 0 fully saturated rings. The summed E-state index contributed by atoms with van der Waals surface area (Å²) in [6.45, 7) is 1.69. The van der Waals surface area contributed by atoms with Crippen LogP contribution in [0.2, 0.25) is 0 Å². The quantitative estimate of drug-likeness (QED) is 0.224. The van der Waals surface area contributed by atoms with Crippen molar-refractivity contribution in [3.05, 3.63) is 119 Å². The lowest BCUT2D eigenvalue weighted by molar-refractivity contribution is 0.0920. The number of ether oxygens (including phenoxy) is 3. The van der Waals surface area contributed by atoms with Crippen LogP contribution < -0.4 is 14.2 Å². The van der Waals surface area contributed by atoms with E-state index in [2.05, 4.69) is 12.1 Å². The molecule has 1 heterocycles. The molecule has 5 nitrogen and oxygen atoms in total. The highest BCUT2D eigenvalue weighted by atomic mass is 16.5.